The fourth-order valence-electron chi connectivity index (χ4n) is 15.5. The summed E-state index contributed by atoms with van der Waals surface area (Å²) in [5, 5.41) is 50.2. The molecule has 118 heavy (non-hydrogen) atoms. The van der Waals surface area contributed by atoms with Gasteiger partial charge >= 0.3 is 29.8 Å². The van der Waals surface area contributed by atoms with Crippen LogP contribution >= 0.6 is 0 Å². The number of phenolic OH excluding ortho intramolecular Hbond substituents is 3. The summed E-state index contributed by atoms with van der Waals surface area (Å²) in [6.07, 6.45) is 6.65. The average Bonchev–Trinajstić information content (AvgIpc) is 0.779. The minimum absolute atomic E-state index is 0.0122. The second-order valence-corrected chi connectivity index (χ2v) is 32.9. The second-order valence-electron chi connectivity index (χ2n) is 32.9. The summed E-state index contributed by atoms with van der Waals surface area (Å²) >= 11 is 0. The molecule has 0 unspecified atom stereocenters. The molecule has 5 N–H and O–H groups in total. The van der Waals surface area contributed by atoms with Crippen LogP contribution in [0.5, 0.6) is 23.0 Å². The van der Waals surface area contributed by atoms with Gasteiger partial charge in [-0.3, -0.25) is 24.4 Å². The number of aromatic hydroxyl groups is 3. The van der Waals surface area contributed by atoms with Crippen molar-refractivity contribution < 1.29 is 68.5 Å². The van der Waals surface area contributed by atoms with Gasteiger partial charge in [0.15, 0.2) is 0 Å². The average molecular weight is 1610 g/mol. The first kappa shape index (κ1) is 96.6. The summed E-state index contributed by atoms with van der Waals surface area (Å²) in [5.74, 6) is -3.17. The van der Waals surface area contributed by atoms with E-state index in [0.717, 1.165) is 126 Å². The van der Waals surface area contributed by atoms with Crippen LogP contribution in [0.15, 0.2) is 218 Å². The zero-order chi connectivity index (χ0) is 86.7. The Bertz CT molecular complexity index is 4280. The van der Waals surface area contributed by atoms with E-state index >= 15 is 0 Å². The van der Waals surface area contributed by atoms with Crippen LogP contribution in [-0.4, -0.2) is 149 Å². The Balaban J connectivity index is 0.000000282. The molecule has 8 aromatic carbocycles. The molecule has 0 aliphatic heterocycles. The molecule has 0 aliphatic rings. The lowest BCUT2D eigenvalue weighted by Gasteiger charge is -2.32. The highest BCUT2D eigenvalue weighted by atomic mass is 16.5. The molecular weight excluding hydrogens is 1480 g/mol. The molecule has 0 fully saturated rings. The van der Waals surface area contributed by atoms with Gasteiger partial charge in [0.25, 0.3) is 0 Å². The van der Waals surface area contributed by atoms with Gasteiger partial charge in [0.2, 0.25) is 0 Å². The van der Waals surface area contributed by atoms with Crippen molar-refractivity contribution in [2.75, 3.05) is 26.2 Å². The molecule has 8 aromatic rings. The number of benzene rings is 8. The maximum absolute atomic E-state index is 12.5. The Labute approximate surface area is 703 Å². The number of nitrogens with zero attached hydrogens (tertiary/aromatic N) is 4. The van der Waals surface area contributed by atoms with Crippen LogP contribution < -0.4 is 4.74 Å². The highest BCUT2D eigenvalue weighted by Crippen LogP contribution is 2.41. The number of hydrogen-bond acceptors (Lipinski definition) is 16. The van der Waals surface area contributed by atoms with Crippen molar-refractivity contribution in [3.8, 4) is 23.0 Å². The lowest BCUT2D eigenvalue weighted by molar-refractivity contribution is -0.140. The number of carboxylic acid groups (broad SMARTS) is 2. The third kappa shape index (κ3) is 31.6. The Morgan fingerprint density at radius 3 is 0.814 bits per heavy atom. The van der Waals surface area contributed by atoms with Crippen LogP contribution in [0.4, 0.5) is 0 Å². The SMILES string of the molecule is CC(C)C(=O)Oc1ccc(COC(=O)/C=C/C(=O)O)cc1[C@H](CCN(C(C)C)C(C)C)c1ccccc1.CC(C)N(CC[C@H](c1ccccc1)c1cc(COC(=O)/C=C/C(=O)O)ccc1O)C(C)C.CC(C)N(CC[C@H](c1ccccc1)c1cc(COCc2ccc(O)c([C@H](CCN(C(C)C)C(C)C)c3ccccc3)c2)ccc1O)C(C)C. The molecule has 0 aliphatic carbocycles. The number of phenols is 3. The first-order valence-electron chi connectivity index (χ1n) is 41.9. The van der Waals surface area contributed by atoms with Crippen LogP contribution in [0.3, 0.4) is 0 Å². The predicted octanol–water partition coefficient (Wildman–Crippen LogP) is 20.4. The summed E-state index contributed by atoms with van der Waals surface area (Å²) in [6.45, 7) is 43.4. The largest absolute Gasteiger partial charge is 0.508 e. The third-order valence-corrected chi connectivity index (χ3v) is 21.4. The molecular formula is C100H132N4O14. The van der Waals surface area contributed by atoms with Crippen molar-refractivity contribution in [1.82, 2.24) is 19.6 Å². The van der Waals surface area contributed by atoms with Crippen molar-refractivity contribution in [3.63, 3.8) is 0 Å². The van der Waals surface area contributed by atoms with E-state index in [2.05, 4.69) is 215 Å². The summed E-state index contributed by atoms with van der Waals surface area (Å²) in [4.78, 5) is 67.2. The molecule has 4 atom stereocenters. The van der Waals surface area contributed by atoms with Gasteiger partial charge < -0.3 is 44.5 Å². The molecule has 0 spiro atoms. The maximum atomic E-state index is 12.5. The van der Waals surface area contributed by atoms with Crippen LogP contribution in [0.2, 0.25) is 0 Å². The second kappa shape index (κ2) is 49.2. The Hall–Kier alpha value is -10.2. The lowest BCUT2D eigenvalue weighted by Crippen LogP contribution is -2.38. The van der Waals surface area contributed by atoms with E-state index in [1.54, 1.807) is 38.1 Å². The zero-order valence-corrected chi connectivity index (χ0v) is 73.0. The maximum Gasteiger partial charge on any atom is 0.331 e. The topological polar surface area (TPSA) is 236 Å². The molecule has 0 aromatic heterocycles. The molecule has 0 saturated carbocycles. The number of hydrogen-bond donors (Lipinski definition) is 5. The summed E-state index contributed by atoms with van der Waals surface area (Å²) in [5.41, 5.74) is 11.6. The first-order chi connectivity index (χ1) is 56.1. The fourth-order valence-corrected chi connectivity index (χ4v) is 15.5. The molecule has 8 rings (SSSR count). The van der Waals surface area contributed by atoms with E-state index < -0.39 is 23.9 Å². The van der Waals surface area contributed by atoms with Gasteiger partial charge in [-0.05, 0) is 256 Å². The van der Waals surface area contributed by atoms with Crippen molar-refractivity contribution in [2.24, 2.45) is 5.92 Å². The van der Waals surface area contributed by atoms with Crippen molar-refractivity contribution in [3.05, 3.63) is 285 Å². The van der Waals surface area contributed by atoms with Gasteiger partial charge in [-0.2, -0.15) is 0 Å². The summed E-state index contributed by atoms with van der Waals surface area (Å²) in [7, 11) is 0. The Morgan fingerprint density at radius 1 is 0.314 bits per heavy atom. The van der Waals surface area contributed by atoms with E-state index in [4.69, 9.17) is 29.2 Å². The van der Waals surface area contributed by atoms with E-state index in [-0.39, 0.29) is 54.5 Å². The van der Waals surface area contributed by atoms with Gasteiger partial charge in [-0.1, -0.05) is 159 Å². The van der Waals surface area contributed by atoms with E-state index in [0.29, 0.717) is 84.4 Å². The standard InChI is InChI=1S/C44H60N2O3.C30H39NO6.C26H33NO5/c1-31(2)45(32(3)4)25-23-39(37-15-11-9-12-16-37)41-27-35(19-21-43(41)47)29-49-30-36-20-22-44(48)42(28-36)40(38-17-13-10-14-18-38)24-26-46(33(5)6)34(7)8;1-20(2)30(35)37-27-13-12-23(19-36-29(34)15-14-28(32)33)18-26(27)25(24-10-8-7-9-11-24)16-17-31(21(3)4)22(5)6;1-18(2)27(19(3)4)15-14-22(21-8-6-5-7-9-21)23-16-20(10-11-24(23)28)17-32-26(31)13-12-25(29)30/h9-22,27-28,31-34,39-40,47-48H,23-26,29-30H2,1-8H3;7-15,18,20-22,25H,16-17,19H2,1-6H3,(H,32,33);5-13,16,18-19,22,28H,14-15,17H2,1-4H3,(H,29,30)/b;15-14+;13-12+/t39-,40-;25-;22-/m111/s1. The fraction of sp³-hybridized carbons (Fsp3) is 0.430. The lowest BCUT2D eigenvalue weighted by atomic mass is 9.86. The molecule has 0 bridgehead atoms. The molecule has 636 valence electrons. The van der Waals surface area contributed by atoms with Gasteiger partial charge in [-0.15, -0.1) is 0 Å². The van der Waals surface area contributed by atoms with Crippen molar-refractivity contribution >= 4 is 29.8 Å². The number of carboxylic acids is 2. The van der Waals surface area contributed by atoms with Crippen LogP contribution in [0.25, 0.3) is 0 Å². The minimum Gasteiger partial charge on any atom is -0.508 e. The Kier molecular flexibility index (Phi) is 40.3. The Morgan fingerprint density at radius 2 is 0.559 bits per heavy atom. The number of aliphatic carboxylic acids is 2. The predicted molar refractivity (Wildman–Crippen MR) is 472 cm³/mol. The van der Waals surface area contributed by atoms with Crippen molar-refractivity contribution in [1.29, 1.82) is 0 Å². The monoisotopic (exact) mass is 1610 g/mol. The summed E-state index contributed by atoms with van der Waals surface area (Å²) in [6, 6.07) is 66.9. The number of carbonyl (C=O) groups excluding carboxylic acids is 3. The highest BCUT2D eigenvalue weighted by Gasteiger charge is 2.29. The van der Waals surface area contributed by atoms with Crippen LogP contribution in [0.1, 0.15) is 241 Å². The molecule has 0 radical (unpaired) electrons. The molecule has 18 nitrogen and oxygen atoms in total. The van der Waals surface area contributed by atoms with Crippen LogP contribution in [-0.2, 0) is 64.6 Å². The van der Waals surface area contributed by atoms with Gasteiger partial charge in [0.1, 0.15) is 36.2 Å². The number of rotatable bonds is 42. The van der Waals surface area contributed by atoms with Gasteiger partial charge in [0.05, 0.1) is 19.1 Å². The number of carbonyl (C=O) groups is 5. The molecule has 0 saturated heterocycles. The van der Waals surface area contributed by atoms with E-state index in [9.17, 15) is 39.3 Å². The van der Waals surface area contributed by atoms with Crippen LogP contribution in [0, 0.1) is 5.92 Å². The third-order valence-electron chi connectivity index (χ3n) is 21.4. The molecule has 0 heterocycles. The first-order valence-corrected chi connectivity index (χ1v) is 41.9. The molecule has 18 heteroatoms. The quantitative estimate of drug-likeness (QED) is 0.0136. The van der Waals surface area contributed by atoms with Gasteiger partial charge in [-0.25, -0.2) is 19.2 Å². The van der Waals surface area contributed by atoms with Crippen molar-refractivity contribution in [2.45, 2.75) is 249 Å². The number of ether oxygens (including phenoxy) is 4. The normalized spacial score (nSPS) is 12.9. The minimum atomic E-state index is -1.22. The van der Waals surface area contributed by atoms with Gasteiger partial charge in [0, 0.05) is 119 Å². The smallest absolute Gasteiger partial charge is 0.331 e. The highest BCUT2D eigenvalue weighted by molar-refractivity contribution is 5.91. The molecule has 0 amide bonds. The number of esters is 3. The van der Waals surface area contributed by atoms with E-state index in [1.165, 1.54) is 11.1 Å². The zero-order valence-electron chi connectivity index (χ0n) is 73.0. The van der Waals surface area contributed by atoms with E-state index in [1.807, 2.05) is 84.9 Å². The summed E-state index contributed by atoms with van der Waals surface area (Å²) < 4.78 is 22.5.